The second kappa shape index (κ2) is 5.71. The summed E-state index contributed by atoms with van der Waals surface area (Å²) in [5.74, 6) is -2.78. The second-order valence-electron chi connectivity index (χ2n) is 5.75. The number of imide groups is 2. The largest absolute Gasteiger partial charge is 0.328 e. The number of benzene rings is 1. The highest BCUT2D eigenvalue weighted by Gasteiger charge is 2.43. The highest BCUT2D eigenvalue weighted by Crippen LogP contribution is 2.37. The number of ketones is 1. The fraction of sp³-hybridized carbons (Fsp3) is 0.375. The number of barbiturate groups is 1. The van der Waals surface area contributed by atoms with Gasteiger partial charge in [-0.25, -0.2) is 4.79 Å². The fourth-order valence-corrected chi connectivity index (χ4v) is 2.81. The van der Waals surface area contributed by atoms with E-state index in [0.717, 1.165) is 18.4 Å². The Morgan fingerprint density at radius 3 is 2.18 bits per heavy atom. The first-order valence-electron chi connectivity index (χ1n) is 7.29. The molecule has 0 aromatic heterocycles. The molecule has 0 bridgehead atoms. The van der Waals surface area contributed by atoms with Crippen molar-refractivity contribution in [1.82, 2.24) is 10.6 Å². The third-order valence-electron chi connectivity index (χ3n) is 4.12. The molecule has 2 fully saturated rings. The number of hydrogen-bond donors (Lipinski definition) is 2. The van der Waals surface area contributed by atoms with E-state index in [1.165, 1.54) is 0 Å². The van der Waals surface area contributed by atoms with Gasteiger partial charge < -0.3 is 0 Å². The number of nitrogens with one attached hydrogen (secondary N) is 2. The number of Topliss-reactive ketones (excluding diaryl/α,β-unsaturated/α-hetero) is 1. The SMILES string of the molecule is O=C1NC(=O)C(C(CC(=O)C2CC2)c2ccccc2)C(=O)N1. The minimum Gasteiger partial charge on any atom is -0.299 e. The highest BCUT2D eigenvalue weighted by atomic mass is 16.2. The summed E-state index contributed by atoms with van der Waals surface area (Å²) in [7, 11) is 0. The average Bonchev–Trinajstić information content (AvgIpc) is 3.30. The van der Waals surface area contributed by atoms with Crippen LogP contribution in [0.25, 0.3) is 0 Å². The maximum absolute atomic E-state index is 12.2. The zero-order chi connectivity index (χ0) is 15.7. The number of carbonyl (C=O) groups excluding carboxylic acids is 4. The smallest absolute Gasteiger partial charge is 0.299 e. The summed E-state index contributed by atoms with van der Waals surface area (Å²) < 4.78 is 0. The van der Waals surface area contributed by atoms with Crippen LogP contribution in [0.1, 0.15) is 30.7 Å². The third kappa shape index (κ3) is 2.90. The van der Waals surface area contributed by atoms with Crippen molar-refractivity contribution in [3.8, 4) is 0 Å². The molecule has 1 aliphatic carbocycles. The summed E-state index contributed by atoms with van der Waals surface area (Å²) in [5.41, 5.74) is 0.751. The molecule has 1 aromatic carbocycles. The minimum atomic E-state index is -1.07. The van der Waals surface area contributed by atoms with Crippen LogP contribution in [0, 0.1) is 11.8 Å². The molecule has 6 nitrogen and oxygen atoms in total. The van der Waals surface area contributed by atoms with E-state index in [1.807, 2.05) is 6.07 Å². The molecule has 6 heteroatoms. The van der Waals surface area contributed by atoms with Gasteiger partial charge in [0, 0.05) is 18.3 Å². The molecular formula is C16H16N2O4. The van der Waals surface area contributed by atoms with E-state index in [-0.39, 0.29) is 18.1 Å². The average molecular weight is 300 g/mol. The lowest BCUT2D eigenvalue weighted by Crippen LogP contribution is -2.57. The summed E-state index contributed by atoms with van der Waals surface area (Å²) in [5, 5.41) is 4.21. The van der Waals surface area contributed by atoms with Gasteiger partial charge in [-0.3, -0.25) is 25.0 Å². The van der Waals surface area contributed by atoms with Crippen LogP contribution in [0.4, 0.5) is 4.79 Å². The van der Waals surface area contributed by atoms with Crippen molar-refractivity contribution in [3.63, 3.8) is 0 Å². The van der Waals surface area contributed by atoms with E-state index in [2.05, 4.69) is 10.6 Å². The zero-order valence-corrected chi connectivity index (χ0v) is 11.9. The van der Waals surface area contributed by atoms with Gasteiger partial charge in [0.05, 0.1) is 0 Å². The summed E-state index contributed by atoms with van der Waals surface area (Å²) in [6, 6.07) is 8.20. The van der Waals surface area contributed by atoms with Crippen LogP contribution in [-0.2, 0) is 14.4 Å². The van der Waals surface area contributed by atoms with Crippen molar-refractivity contribution in [1.29, 1.82) is 0 Å². The van der Waals surface area contributed by atoms with Crippen LogP contribution in [0.15, 0.2) is 30.3 Å². The van der Waals surface area contributed by atoms with E-state index < -0.39 is 29.7 Å². The molecule has 1 atom stereocenters. The van der Waals surface area contributed by atoms with Gasteiger partial charge >= 0.3 is 6.03 Å². The quantitative estimate of drug-likeness (QED) is 0.797. The van der Waals surface area contributed by atoms with Crippen molar-refractivity contribution in [2.45, 2.75) is 25.2 Å². The van der Waals surface area contributed by atoms with Gasteiger partial charge in [-0.15, -0.1) is 0 Å². The summed E-state index contributed by atoms with van der Waals surface area (Å²) >= 11 is 0. The van der Waals surface area contributed by atoms with E-state index in [1.54, 1.807) is 24.3 Å². The van der Waals surface area contributed by atoms with E-state index in [0.29, 0.717) is 0 Å². The number of amides is 4. The van der Waals surface area contributed by atoms with Crippen molar-refractivity contribution in [2.24, 2.45) is 11.8 Å². The Bertz CT molecular complexity index is 617. The number of rotatable bonds is 5. The predicted octanol–water partition coefficient (Wildman–Crippen LogP) is 1.12. The maximum atomic E-state index is 12.2. The maximum Gasteiger partial charge on any atom is 0.328 e. The van der Waals surface area contributed by atoms with Gasteiger partial charge in [0.2, 0.25) is 11.8 Å². The number of hydrogen-bond acceptors (Lipinski definition) is 4. The van der Waals surface area contributed by atoms with Crippen molar-refractivity contribution in [2.75, 3.05) is 0 Å². The Labute approximate surface area is 127 Å². The van der Waals surface area contributed by atoms with E-state index >= 15 is 0 Å². The molecule has 2 N–H and O–H groups in total. The number of urea groups is 1. The third-order valence-corrected chi connectivity index (χ3v) is 4.12. The fourth-order valence-electron chi connectivity index (χ4n) is 2.81. The molecule has 1 aromatic rings. The van der Waals surface area contributed by atoms with Crippen LogP contribution in [0.5, 0.6) is 0 Å². The molecule has 114 valence electrons. The Morgan fingerprint density at radius 2 is 1.64 bits per heavy atom. The Balaban J connectivity index is 1.90. The lowest BCUT2D eigenvalue weighted by atomic mass is 9.80. The molecule has 1 heterocycles. The van der Waals surface area contributed by atoms with Crippen LogP contribution in [0.2, 0.25) is 0 Å². The topological polar surface area (TPSA) is 92.3 Å². The van der Waals surface area contributed by atoms with Crippen molar-refractivity contribution < 1.29 is 19.2 Å². The highest BCUT2D eigenvalue weighted by molar-refractivity contribution is 6.16. The van der Waals surface area contributed by atoms with Crippen LogP contribution < -0.4 is 10.6 Å². The Morgan fingerprint density at radius 1 is 1.05 bits per heavy atom. The molecule has 4 amide bonds. The van der Waals surface area contributed by atoms with Crippen LogP contribution in [-0.4, -0.2) is 23.6 Å². The molecule has 1 saturated heterocycles. The van der Waals surface area contributed by atoms with Gasteiger partial charge in [0.1, 0.15) is 11.7 Å². The Hall–Kier alpha value is -2.50. The standard InChI is InChI=1S/C16H16N2O4/c19-12(10-6-7-10)8-11(9-4-2-1-3-5-9)13-14(20)17-16(22)18-15(13)21/h1-5,10-11,13H,6-8H2,(H2,17,18,20,21,22). The lowest BCUT2D eigenvalue weighted by Gasteiger charge is -2.28. The molecule has 0 spiro atoms. The van der Waals surface area contributed by atoms with E-state index in [4.69, 9.17) is 0 Å². The molecule has 1 aliphatic heterocycles. The zero-order valence-electron chi connectivity index (χ0n) is 11.9. The molecule has 2 aliphatic rings. The van der Waals surface area contributed by atoms with Gasteiger partial charge in [0.15, 0.2) is 0 Å². The predicted molar refractivity (Wildman–Crippen MR) is 76.7 cm³/mol. The van der Waals surface area contributed by atoms with Crippen molar-refractivity contribution >= 4 is 23.6 Å². The number of carbonyl (C=O) groups is 4. The monoisotopic (exact) mass is 300 g/mol. The molecular weight excluding hydrogens is 284 g/mol. The second-order valence-corrected chi connectivity index (χ2v) is 5.75. The Kier molecular flexibility index (Phi) is 3.75. The molecule has 3 rings (SSSR count). The molecule has 0 radical (unpaired) electrons. The van der Waals surface area contributed by atoms with Gasteiger partial charge in [-0.05, 0) is 18.4 Å². The lowest BCUT2D eigenvalue weighted by molar-refractivity contribution is -0.137. The summed E-state index contributed by atoms with van der Waals surface area (Å²) in [4.78, 5) is 47.6. The van der Waals surface area contributed by atoms with Gasteiger partial charge in [-0.1, -0.05) is 30.3 Å². The minimum absolute atomic E-state index is 0.0579. The van der Waals surface area contributed by atoms with Crippen molar-refractivity contribution in [3.05, 3.63) is 35.9 Å². The summed E-state index contributed by atoms with van der Waals surface area (Å²) in [6.45, 7) is 0. The first-order chi connectivity index (χ1) is 10.6. The van der Waals surface area contributed by atoms with Crippen LogP contribution in [0.3, 0.4) is 0 Å². The molecule has 1 unspecified atom stereocenters. The normalized spacial score (nSPS) is 20.3. The molecule has 22 heavy (non-hydrogen) atoms. The van der Waals surface area contributed by atoms with Gasteiger partial charge in [0.25, 0.3) is 0 Å². The van der Waals surface area contributed by atoms with Crippen LogP contribution >= 0.6 is 0 Å². The molecule has 1 saturated carbocycles. The first kappa shape index (κ1) is 14.4. The van der Waals surface area contributed by atoms with Gasteiger partial charge in [-0.2, -0.15) is 0 Å². The first-order valence-corrected chi connectivity index (χ1v) is 7.29. The van der Waals surface area contributed by atoms with E-state index in [9.17, 15) is 19.2 Å². The summed E-state index contributed by atoms with van der Waals surface area (Å²) in [6.07, 6.45) is 1.89.